The maximum absolute atomic E-state index is 13.4. The van der Waals surface area contributed by atoms with Gasteiger partial charge in [0.1, 0.15) is 16.9 Å². The average Bonchev–Trinajstić information content (AvgIpc) is 3.63. The Morgan fingerprint density at radius 2 is 1.65 bits per heavy atom. The number of aromatic carboxylic acids is 1. The number of fused-ring (bicyclic) bond motifs is 1. The van der Waals surface area contributed by atoms with E-state index < -0.39 is 34.3 Å². The molecule has 1 saturated heterocycles. The molecule has 0 bridgehead atoms. The maximum Gasteiger partial charge on any atom is 0.496 e. The van der Waals surface area contributed by atoms with Crippen LogP contribution in [0.5, 0.6) is 0 Å². The maximum atomic E-state index is 13.4. The van der Waals surface area contributed by atoms with Gasteiger partial charge in [0.15, 0.2) is 0 Å². The number of nitrogens with one attached hydrogen (secondary N) is 1. The van der Waals surface area contributed by atoms with Gasteiger partial charge in [0, 0.05) is 32.5 Å². The largest absolute Gasteiger partial charge is 0.496 e. The lowest BCUT2D eigenvalue weighted by atomic mass is 9.79. The summed E-state index contributed by atoms with van der Waals surface area (Å²) < 4.78 is 47.8. The lowest BCUT2D eigenvalue weighted by Crippen LogP contribution is -2.41. The van der Waals surface area contributed by atoms with Crippen LogP contribution >= 0.6 is 23.2 Å². The highest BCUT2D eigenvalue weighted by molar-refractivity contribution is 7.91. The standard InChI is InChI=1S/C31H30BCl2NO7S/c1-30(2)31(3,4)42-32(41-30)23-12-5-17(13-24(23)34)16-43(38,39)35-25-15-26-22(14-21(25)18-6-7-18)27(29(36)37)28(40-26)19-8-10-20(33)11-9-19/h5,8-15,18,35H,6-7,16H2,1-4H3,(H,36,37). The molecule has 0 radical (unpaired) electrons. The minimum absolute atomic E-state index is 0.0189. The number of hydrogen-bond donors (Lipinski definition) is 2. The first kappa shape index (κ1) is 30.0. The normalized spacial score (nSPS) is 17.9. The summed E-state index contributed by atoms with van der Waals surface area (Å²) in [4.78, 5) is 12.3. The van der Waals surface area contributed by atoms with Gasteiger partial charge in [0.25, 0.3) is 0 Å². The molecule has 2 N–H and O–H groups in total. The van der Waals surface area contributed by atoms with Crippen LogP contribution in [0.4, 0.5) is 5.69 Å². The van der Waals surface area contributed by atoms with Crippen LogP contribution in [0, 0.1) is 0 Å². The molecule has 1 aromatic heterocycles. The number of furan rings is 1. The Bertz CT molecular complexity index is 1850. The second-order valence-electron chi connectivity index (χ2n) is 12.1. The quantitative estimate of drug-likeness (QED) is 0.195. The van der Waals surface area contributed by atoms with Crippen LogP contribution in [-0.4, -0.2) is 37.8 Å². The summed E-state index contributed by atoms with van der Waals surface area (Å²) in [7, 11) is -4.56. The van der Waals surface area contributed by atoms with Gasteiger partial charge in [-0.3, -0.25) is 4.72 Å². The van der Waals surface area contributed by atoms with Crippen molar-refractivity contribution >= 4 is 68.4 Å². The molecule has 2 heterocycles. The van der Waals surface area contributed by atoms with Gasteiger partial charge in [-0.1, -0.05) is 35.3 Å². The van der Waals surface area contributed by atoms with Crippen molar-refractivity contribution in [3.63, 3.8) is 0 Å². The number of hydrogen-bond acceptors (Lipinski definition) is 6. The van der Waals surface area contributed by atoms with Gasteiger partial charge in [-0.25, -0.2) is 13.2 Å². The van der Waals surface area contributed by atoms with Crippen LogP contribution in [0.25, 0.3) is 22.3 Å². The second-order valence-corrected chi connectivity index (χ2v) is 14.7. The third-order valence-electron chi connectivity index (χ3n) is 8.39. The summed E-state index contributed by atoms with van der Waals surface area (Å²) in [6.45, 7) is 7.80. The van der Waals surface area contributed by atoms with E-state index in [-0.39, 0.29) is 28.6 Å². The number of rotatable bonds is 8. The molecule has 224 valence electrons. The first-order valence-electron chi connectivity index (χ1n) is 13.9. The van der Waals surface area contributed by atoms with E-state index in [1.807, 2.05) is 27.7 Å². The molecule has 2 fully saturated rings. The molecule has 1 aliphatic carbocycles. The number of carbonyl (C=O) groups is 1. The molecular weight excluding hydrogens is 612 g/mol. The fourth-order valence-corrected chi connectivity index (χ4v) is 6.86. The zero-order chi connectivity index (χ0) is 30.9. The van der Waals surface area contributed by atoms with Crippen LogP contribution in [0.2, 0.25) is 10.0 Å². The number of carboxylic acids is 1. The van der Waals surface area contributed by atoms with E-state index in [2.05, 4.69) is 4.72 Å². The van der Waals surface area contributed by atoms with Gasteiger partial charge in [-0.05, 0) is 94.0 Å². The van der Waals surface area contributed by atoms with Crippen molar-refractivity contribution in [3.8, 4) is 11.3 Å². The van der Waals surface area contributed by atoms with Crippen molar-refractivity contribution in [2.45, 2.75) is 63.4 Å². The molecule has 1 aliphatic heterocycles. The molecule has 2 aliphatic rings. The summed E-state index contributed by atoms with van der Waals surface area (Å²) in [6.07, 6.45) is 1.75. The Morgan fingerprint density at radius 1 is 1.00 bits per heavy atom. The molecule has 1 saturated carbocycles. The van der Waals surface area contributed by atoms with E-state index >= 15 is 0 Å². The third kappa shape index (κ3) is 5.79. The van der Waals surface area contributed by atoms with Gasteiger partial charge in [-0.2, -0.15) is 0 Å². The molecule has 0 unspecified atom stereocenters. The SMILES string of the molecule is CC1(C)OB(c2ccc(CS(=O)(=O)Nc3cc4oc(-c5ccc(Cl)cc5)c(C(=O)O)c4cc3C3CC3)cc2Cl)OC1(C)C. The lowest BCUT2D eigenvalue weighted by Gasteiger charge is -2.32. The van der Waals surface area contributed by atoms with Crippen molar-refractivity contribution in [3.05, 3.63) is 81.3 Å². The molecule has 43 heavy (non-hydrogen) atoms. The zero-order valence-corrected chi connectivity index (χ0v) is 26.4. The molecule has 3 aromatic carbocycles. The zero-order valence-electron chi connectivity index (χ0n) is 24.0. The van der Waals surface area contributed by atoms with Gasteiger partial charge in [-0.15, -0.1) is 0 Å². The smallest absolute Gasteiger partial charge is 0.478 e. The molecule has 0 amide bonds. The first-order chi connectivity index (χ1) is 20.1. The molecular formula is C31H30BCl2NO7S. The summed E-state index contributed by atoms with van der Waals surface area (Å²) in [5.41, 5.74) is 1.96. The van der Waals surface area contributed by atoms with Crippen molar-refractivity contribution in [2.24, 2.45) is 0 Å². The Morgan fingerprint density at radius 3 is 2.23 bits per heavy atom. The Hall–Kier alpha value is -3.02. The lowest BCUT2D eigenvalue weighted by molar-refractivity contribution is 0.00578. The van der Waals surface area contributed by atoms with Crippen LogP contribution in [-0.2, 0) is 25.1 Å². The fraction of sp³-hybridized carbons (Fsp3) is 0.323. The fourth-order valence-electron chi connectivity index (χ4n) is 5.24. The molecule has 12 heteroatoms. The monoisotopic (exact) mass is 641 g/mol. The van der Waals surface area contributed by atoms with Gasteiger partial charge in [0.2, 0.25) is 10.0 Å². The minimum Gasteiger partial charge on any atom is -0.478 e. The predicted molar refractivity (Wildman–Crippen MR) is 169 cm³/mol. The topological polar surface area (TPSA) is 115 Å². The van der Waals surface area contributed by atoms with Gasteiger partial charge < -0.3 is 18.8 Å². The van der Waals surface area contributed by atoms with Crippen LogP contribution in [0.3, 0.4) is 0 Å². The van der Waals surface area contributed by atoms with Crippen molar-refractivity contribution in [2.75, 3.05) is 4.72 Å². The van der Waals surface area contributed by atoms with E-state index in [1.54, 1.807) is 54.6 Å². The van der Waals surface area contributed by atoms with Crippen molar-refractivity contribution in [1.29, 1.82) is 0 Å². The van der Waals surface area contributed by atoms with Crippen LogP contribution < -0.4 is 10.2 Å². The molecule has 0 spiro atoms. The van der Waals surface area contributed by atoms with Crippen molar-refractivity contribution in [1.82, 2.24) is 0 Å². The number of benzene rings is 3. The summed E-state index contributed by atoms with van der Waals surface area (Å²) in [5.74, 6) is -1.17. The highest BCUT2D eigenvalue weighted by Crippen LogP contribution is 2.47. The van der Waals surface area contributed by atoms with E-state index in [1.165, 1.54) is 0 Å². The third-order valence-corrected chi connectivity index (χ3v) is 10.2. The first-order valence-corrected chi connectivity index (χ1v) is 16.3. The summed E-state index contributed by atoms with van der Waals surface area (Å²) in [6, 6.07) is 15.0. The predicted octanol–water partition coefficient (Wildman–Crippen LogP) is 7.22. The highest BCUT2D eigenvalue weighted by Gasteiger charge is 2.52. The van der Waals surface area contributed by atoms with E-state index in [4.69, 9.17) is 36.9 Å². The van der Waals surface area contributed by atoms with E-state index in [9.17, 15) is 18.3 Å². The highest BCUT2D eigenvalue weighted by atomic mass is 35.5. The minimum atomic E-state index is -3.89. The number of sulfonamides is 1. The summed E-state index contributed by atoms with van der Waals surface area (Å²) >= 11 is 12.6. The van der Waals surface area contributed by atoms with Crippen LogP contribution in [0.15, 0.2) is 59.0 Å². The molecule has 4 aromatic rings. The number of anilines is 1. The number of halogens is 2. The Balaban J connectivity index is 1.30. The average molecular weight is 642 g/mol. The molecule has 8 nitrogen and oxygen atoms in total. The Labute approximate surface area is 260 Å². The number of carboxylic acid groups (broad SMARTS) is 1. The molecule has 0 atom stereocenters. The van der Waals surface area contributed by atoms with Crippen LogP contribution in [0.1, 0.15) is 67.9 Å². The Kier molecular flexibility index (Phi) is 7.37. The van der Waals surface area contributed by atoms with Crippen molar-refractivity contribution < 1.29 is 32.0 Å². The second kappa shape index (κ2) is 10.6. The van der Waals surface area contributed by atoms with E-state index in [0.29, 0.717) is 37.7 Å². The summed E-state index contributed by atoms with van der Waals surface area (Å²) in [5, 5.41) is 11.3. The van der Waals surface area contributed by atoms with Gasteiger partial charge in [0.05, 0.1) is 22.6 Å². The van der Waals surface area contributed by atoms with Gasteiger partial charge >= 0.3 is 13.1 Å². The molecule has 6 rings (SSSR count). The van der Waals surface area contributed by atoms with E-state index in [0.717, 1.165) is 18.4 Å².